The second-order valence-corrected chi connectivity index (χ2v) is 10.1. The van der Waals surface area contributed by atoms with Crippen molar-refractivity contribution < 1.29 is 14.7 Å². The topological polar surface area (TPSA) is 122 Å². The summed E-state index contributed by atoms with van der Waals surface area (Å²) in [5.41, 5.74) is 3.08. The van der Waals surface area contributed by atoms with Crippen molar-refractivity contribution in [2.45, 2.75) is 47.6 Å². The molecule has 0 saturated carbocycles. The van der Waals surface area contributed by atoms with Gasteiger partial charge in [0.15, 0.2) is 0 Å². The Hall–Kier alpha value is -4.13. The number of aryl methyl sites for hydroxylation is 3. The molecule has 10 nitrogen and oxygen atoms in total. The first-order valence-electron chi connectivity index (χ1n) is 11.5. The molecule has 0 fully saturated rings. The summed E-state index contributed by atoms with van der Waals surface area (Å²) in [6.07, 6.45) is 4.47. The Morgan fingerprint density at radius 1 is 1.17 bits per heavy atom. The van der Waals surface area contributed by atoms with E-state index < -0.39 is 18.0 Å². The monoisotopic (exact) mass is 492 g/mol. The summed E-state index contributed by atoms with van der Waals surface area (Å²) in [5, 5.41) is 12.9. The number of anilines is 1. The third kappa shape index (κ3) is 4.96. The maximum atomic E-state index is 13.0. The molecule has 0 aliphatic heterocycles. The molecule has 0 aliphatic rings. The van der Waals surface area contributed by atoms with Crippen LogP contribution in [0.15, 0.2) is 16.9 Å². The van der Waals surface area contributed by atoms with Gasteiger partial charge in [-0.2, -0.15) is 0 Å². The predicted molar refractivity (Wildman–Crippen MR) is 139 cm³/mol. The molecule has 10 heteroatoms. The first-order valence-corrected chi connectivity index (χ1v) is 11.5. The fourth-order valence-corrected chi connectivity index (χ4v) is 4.27. The number of hydrogen-bond acceptors (Lipinski definition) is 5. The third-order valence-corrected chi connectivity index (χ3v) is 6.06. The number of carboxylic acid groups (broad SMARTS) is 1. The van der Waals surface area contributed by atoms with E-state index in [4.69, 9.17) is 6.42 Å². The quantitative estimate of drug-likeness (QED) is 0.527. The van der Waals surface area contributed by atoms with Crippen molar-refractivity contribution >= 4 is 28.7 Å². The van der Waals surface area contributed by atoms with Crippen molar-refractivity contribution in [2.75, 3.05) is 11.9 Å². The summed E-state index contributed by atoms with van der Waals surface area (Å²) in [7, 11) is 3.47. The third-order valence-electron chi connectivity index (χ3n) is 6.06. The minimum absolute atomic E-state index is 0.167. The van der Waals surface area contributed by atoms with Gasteiger partial charge in [-0.05, 0) is 43.9 Å². The standard InChI is InChI=1S/C26H32N6O4/c1-10-18-11-17(20-14(2)27-15(3)21-22(20)30(8)31(9)24(21)34)12-19(28-18)29-23(33)16(4)32(25(35)36)13-26(5,6)7/h1,11-12,16H,13H2,2-9H3,(H,35,36)(H,28,29,33). The Bertz CT molecular complexity index is 1470. The normalized spacial score (nSPS) is 12.3. The Kier molecular flexibility index (Phi) is 6.98. The molecule has 3 heterocycles. The number of amides is 2. The average molecular weight is 493 g/mol. The van der Waals surface area contributed by atoms with Gasteiger partial charge in [-0.25, -0.2) is 9.78 Å². The van der Waals surface area contributed by atoms with Crippen LogP contribution in [0.1, 0.15) is 44.8 Å². The van der Waals surface area contributed by atoms with E-state index in [1.54, 1.807) is 37.8 Å². The molecular formula is C26H32N6O4. The lowest BCUT2D eigenvalue weighted by molar-refractivity contribution is -0.120. The van der Waals surface area contributed by atoms with Crippen molar-refractivity contribution in [1.29, 1.82) is 0 Å². The molecular weight excluding hydrogens is 460 g/mol. The minimum Gasteiger partial charge on any atom is -0.465 e. The number of carbonyl (C=O) groups excluding carboxylic acids is 1. The Balaban J connectivity index is 2.11. The van der Waals surface area contributed by atoms with Crippen LogP contribution in [0.25, 0.3) is 22.0 Å². The minimum atomic E-state index is -1.19. The second kappa shape index (κ2) is 9.49. The van der Waals surface area contributed by atoms with E-state index in [1.807, 2.05) is 27.7 Å². The highest BCUT2D eigenvalue weighted by Gasteiger charge is 2.30. The van der Waals surface area contributed by atoms with Crippen LogP contribution in [-0.2, 0) is 18.9 Å². The largest absolute Gasteiger partial charge is 0.465 e. The number of carbonyl (C=O) groups is 2. The van der Waals surface area contributed by atoms with E-state index in [0.717, 1.165) is 4.90 Å². The molecule has 0 bridgehead atoms. The number of pyridine rings is 2. The highest BCUT2D eigenvalue weighted by atomic mass is 16.4. The lowest BCUT2D eigenvalue weighted by atomic mass is 9.95. The van der Waals surface area contributed by atoms with E-state index in [-0.39, 0.29) is 29.0 Å². The van der Waals surface area contributed by atoms with Gasteiger partial charge in [0, 0.05) is 31.9 Å². The van der Waals surface area contributed by atoms with Crippen LogP contribution in [0.5, 0.6) is 0 Å². The molecule has 1 unspecified atom stereocenters. The highest BCUT2D eigenvalue weighted by molar-refractivity contribution is 5.99. The van der Waals surface area contributed by atoms with Gasteiger partial charge < -0.3 is 10.4 Å². The van der Waals surface area contributed by atoms with Gasteiger partial charge in [-0.1, -0.05) is 26.7 Å². The van der Waals surface area contributed by atoms with Crippen molar-refractivity contribution in [2.24, 2.45) is 19.5 Å². The zero-order valence-corrected chi connectivity index (χ0v) is 21.9. The molecule has 3 aromatic rings. The van der Waals surface area contributed by atoms with Crippen molar-refractivity contribution in [3.05, 3.63) is 39.6 Å². The molecule has 2 amide bonds. The number of aromatic nitrogens is 4. The molecule has 190 valence electrons. The molecule has 0 saturated heterocycles. The van der Waals surface area contributed by atoms with Gasteiger partial charge in [0.25, 0.3) is 5.56 Å². The molecule has 36 heavy (non-hydrogen) atoms. The van der Waals surface area contributed by atoms with Crippen LogP contribution in [0, 0.1) is 31.6 Å². The van der Waals surface area contributed by atoms with E-state index in [9.17, 15) is 19.5 Å². The SMILES string of the molecule is C#Cc1cc(-c2c(C)nc(C)c3c(=O)n(C)n(C)c23)cc(NC(=O)C(C)N(CC(C)(C)C)C(=O)O)n1. The maximum absolute atomic E-state index is 13.0. The van der Waals surface area contributed by atoms with E-state index in [2.05, 4.69) is 21.2 Å². The van der Waals surface area contributed by atoms with Crippen molar-refractivity contribution in [3.8, 4) is 23.5 Å². The molecule has 3 aromatic heterocycles. The predicted octanol–water partition coefficient (Wildman–Crippen LogP) is 3.29. The fourth-order valence-electron chi connectivity index (χ4n) is 4.27. The van der Waals surface area contributed by atoms with Gasteiger partial charge in [0.2, 0.25) is 5.91 Å². The summed E-state index contributed by atoms with van der Waals surface area (Å²) in [5.74, 6) is 2.14. The Labute approximate surface area is 209 Å². The maximum Gasteiger partial charge on any atom is 0.407 e. The zero-order valence-electron chi connectivity index (χ0n) is 21.9. The molecule has 3 rings (SSSR count). The summed E-state index contributed by atoms with van der Waals surface area (Å²) in [4.78, 5) is 47.7. The van der Waals surface area contributed by atoms with Crippen molar-refractivity contribution in [3.63, 3.8) is 0 Å². The lowest BCUT2D eigenvalue weighted by Gasteiger charge is -2.31. The second-order valence-electron chi connectivity index (χ2n) is 10.1. The molecule has 0 spiro atoms. The Morgan fingerprint density at radius 3 is 2.36 bits per heavy atom. The number of nitrogens with zero attached hydrogens (tertiary/aromatic N) is 5. The van der Waals surface area contributed by atoms with Crippen LogP contribution in [0.3, 0.4) is 0 Å². The summed E-state index contributed by atoms with van der Waals surface area (Å²) >= 11 is 0. The number of rotatable bonds is 5. The molecule has 2 N–H and O–H groups in total. The average Bonchev–Trinajstić information content (AvgIpc) is 3.00. The van der Waals surface area contributed by atoms with E-state index >= 15 is 0 Å². The number of terminal acetylenes is 1. The molecule has 0 radical (unpaired) electrons. The van der Waals surface area contributed by atoms with Gasteiger partial charge in [-0.3, -0.25) is 28.8 Å². The van der Waals surface area contributed by atoms with Crippen LogP contribution < -0.4 is 10.9 Å². The van der Waals surface area contributed by atoms with Gasteiger partial charge >= 0.3 is 6.09 Å². The van der Waals surface area contributed by atoms with E-state index in [0.29, 0.717) is 33.4 Å². The number of fused-ring (bicyclic) bond motifs is 1. The zero-order chi connectivity index (χ0) is 27.1. The van der Waals surface area contributed by atoms with Crippen LogP contribution >= 0.6 is 0 Å². The number of nitrogens with one attached hydrogen (secondary N) is 1. The van der Waals surface area contributed by atoms with Gasteiger partial charge in [0.05, 0.1) is 16.6 Å². The first-order chi connectivity index (χ1) is 16.7. The van der Waals surface area contributed by atoms with Gasteiger partial charge in [0.1, 0.15) is 17.6 Å². The van der Waals surface area contributed by atoms with Crippen LogP contribution in [0.4, 0.5) is 10.6 Å². The molecule has 1 atom stereocenters. The number of hydrogen-bond donors (Lipinski definition) is 2. The molecule has 0 aromatic carbocycles. The summed E-state index contributed by atoms with van der Waals surface area (Å²) < 4.78 is 3.26. The first kappa shape index (κ1) is 26.5. The Morgan fingerprint density at radius 2 is 1.81 bits per heavy atom. The van der Waals surface area contributed by atoms with Gasteiger partial charge in [-0.15, -0.1) is 6.42 Å². The lowest BCUT2D eigenvalue weighted by Crippen LogP contribution is -2.48. The molecule has 0 aliphatic carbocycles. The smallest absolute Gasteiger partial charge is 0.407 e. The highest BCUT2D eigenvalue weighted by Crippen LogP contribution is 2.32. The van der Waals surface area contributed by atoms with Crippen LogP contribution in [-0.4, -0.2) is 53.9 Å². The van der Waals surface area contributed by atoms with E-state index in [1.165, 1.54) is 11.6 Å². The van der Waals surface area contributed by atoms with Crippen LogP contribution in [0.2, 0.25) is 0 Å². The van der Waals surface area contributed by atoms with Crippen molar-refractivity contribution in [1.82, 2.24) is 24.2 Å². The fraction of sp³-hybridized carbons (Fsp3) is 0.423. The summed E-state index contributed by atoms with van der Waals surface area (Å²) in [6, 6.07) is 2.38. The summed E-state index contributed by atoms with van der Waals surface area (Å²) in [6.45, 7) is 11.0.